The van der Waals surface area contributed by atoms with Crippen molar-refractivity contribution in [2.75, 3.05) is 11.9 Å². The average molecular weight is 408 g/mol. The van der Waals surface area contributed by atoms with Gasteiger partial charge in [0.2, 0.25) is 0 Å². The van der Waals surface area contributed by atoms with Crippen LogP contribution in [0.5, 0.6) is 5.75 Å². The van der Waals surface area contributed by atoms with Crippen molar-refractivity contribution in [3.8, 4) is 5.75 Å². The van der Waals surface area contributed by atoms with Crippen molar-refractivity contribution in [3.05, 3.63) is 58.3 Å². The van der Waals surface area contributed by atoms with Crippen LogP contribution in [0.15, 0.2) is 52.0 Å². The number of hydrazone groups is 1. The van der Waals surface area contributed by atoms with Gasteiger partial charge in [0.15, 0.2) is 0 Å². The Hall–Kier alpha value is -2.74. The predicted octanol–water partition coefficient (Wildman–Crippen LogP) is 3.08. The van der Waals surface area contributed by atoms with Gasteiger partial charge in [-0.05, 0) is 49.4 Å². The molecule has 0 aliphatic heterocycles. The third kappa shape index (κ3) is 5.68. The maximum Gasteiger partial charge on any atom is 0.329 e. The normalized spacial score (nSPS) is 10.5. The van der Waals surface area contributed by atoms with E-state index in [-0.39, 0.29) is 0 Å². The van der Waals surface area contributed by atoms with E-state index < -0.39 is 17.6 Å². The summed E-state index contributed by atoms with van der Waals surface area (Å²) in [7, 11) is 0. The number of hydrogen-bond acceptors (Lipinski definition) is 4. The van der Waals surface area contributed by atoms with Gasteiger partial charge in [-0.1, -0.05) is 15.9 Å². The minimum absolute atomic E-state index is 0.302. The molecule has 8 heteroatoms. The first-order valence-corrected chi connectivity index (χ1v) is 8.11. The van der Waals surface area contributed by atoms with Crippen LogP contribution in [0.1, 0.15) is 12.5 Å². The highest BCUT2D eigenvalue weighted by Crippen LogP contribution is 2.21. The Balaban J connectivity index is 1.97. The molecule has 0 heterocycles. The van der Waals surface area contributed by atoms with Gasteiger partial charge in [0, 0.05) is 15.7 Å². The largest absolute Gasteiger partial charge is 0.493 e. The number of nitrogens with zero attached hydrogens (tertiary/aromatic N) is 1. The Labute approximate surface area is 152 Å². The van der Waals surface area contributed by atoms with Gasteiger partial charge >= 0.3 is 11.8 Å². The van der Waals surface area contributed by atoms with Crippen molar-refractivity contribution in [3.63, 3.8) is 0 Å². The van der Waals surface area contributed by atoms with Crippen molar-refractivity contribution < 1.29 is 18.7 Å². The molecule has 0 aliphatic rings. The highest BCUT2D eigenvalue weighted by Gasteiger charge is 2.13. The summed E-state index contributed by atoms with van der Waals surface area (Å²) in [6.07, 6.45) is 1.37. The van der Waals surface area contributed by atoms with Crippen LogP contribution >= 0.6 is 15.9 Å². The zero-order chi connectivity index (χ0) is 18.2. The number of nitrogens with one attached hydrogen (secondary N) is 2. The lowest BCUT2D eigenvalue weighted by atomic mass is 10.2. The molecule has 2 rings (SSSR count). The molecular formula is C17H15BrFN3O3. The number of ether oxygens (including phenoxy) is 1. The average Bonchev–Trinajstić information content (AvgIpc) is 2.59. The molecule has 0 spiro atoms. The number of amides is 2. The van der Waals surface area contributed by atoms with E-state index in [1.165, 1.54) is 30.5 Å². The van der Waals surface area contributed by atoms with E-state index in [0.29, 0.717) is 23.6 Å². The molecule has 0 aliphatic carbocycles. The van der Waals surface area contributed by atoms with Gasteiger partial charge in [-0.3, -0.25) is 9.59 Å². The first-order chi connectivity index (χ1) is 12.0. The van der Waals surface area contributed by atoms with Crippen molar-refractivity contribution in [1.29, 1.82) is 0 Å². The predicted molar refractivity (Wildman–Crippen MR) is 96.1 cm³/mol. The van der Waals surface area contributed by atoms with Gasteiger partial charge in [0.1, 0.15) is 11.6 Å². The monoisotopic (exact) mass is 407 g/mol. The molecule has 0 bridgehead atoms. The third-order valence-corrected chi connectivity index (χ3v) is 3.44. The number of anilines is 1. The molecule has 25 heavy (non-hydrogen) atoms. The van der Waals surface area contributed by atoms with E-state index in [9.17, 15) is 14.0 Å². The van der Waals surface area contributed by atoms with Gasteiger partial charge in [-0.15, -0.1) is 0 Å². The summed E-state index contributed by atoms with van der Waals surface area (Å²) in [6.45, 7) is 2.33. The number of halogens is 2. The summed E-state index contributed by atoms with van der Waals surface area (Å²) in [4.78, 5) is 23.5. The summed E-state index contributed by atoms with van der Waals surface area (Å²) >= 11 is 3.34. The van der Waals surface area contributed by atoms with Gasteiger partial charge in [-0.2, -0.15) is 5.10 Å². The fourth-order valence-electron chi connectivity index (χ4n) is 1.84. The zero-order valence-electron chi connectivity index (χ0n) is 13.3. The van der Waals surface area contributed by atoms with Crippen LogP contribution in [0.25, 0.3) is 0 Å². The number of rotatable bonds is 5. The second kappa shape index (κ2) is 8.93. The smallest absolute Gasteiger partial charge is 0.329 e. The van der Waals surface area contributed by atoms with E-state index in [2.05, 4.69) is 31.8 Å². The molecule has 6 nitrogen and oxygen atoms in total. The van der Waals surface area contributed by atoms with E-state index in [4.69, 9.17) is 4.74 Å². The highest BCUT2D eigenvalue weighted by atomic mass is 79.9. The maximum absolute atomic E-state index is 12.8. The van der Waals surface area contributed by atoms with Crippen molar-refractivity contribution in [1.82, 2.24) is 5.43 Å². The SMILES string of the molecule is CCOc1ccc(Br)cc1/C=N\NC(=O)C(=O)Nc1ccc(F)cc1. The maximum atomic E-state index is 12.8. The van der Waals surface area contributed by atoms with Crippen LogP contribution in [-0.4, -0.2) is 24.6 Å². The molecule has 0 saturated carbocycles. The molecule has 2 aromatic rings. The van der Waals surface area contributed by atoms with E-state index in [1.807, 2.05) is 13.0 Å². The van der Waals surface area contributed by atoms with Gasteiger partial charge in [0.25, 0.3) is 0 Å². The Morgan fingerprint density at radius 1 is 1.20 bits per heavy atom. The molecule has 0 saturated heterocycles. The number of carbonyl (C=O) groups excluding carboxylic acids is 2. The van der Waals surface area contributed by atoms with Crippen LogP contribution in [0.3, 0.4) is 0 Å². The van der Waals surface area contributed by atoms with Crippen molar-refractivity contribution in [2.24, 2.45) is 5.10 Å². The molecule has 130 valence electrons. The second-order valence-electron chi connectivity index (χ2n) is 4.78. The van der Waals surface area contributed by atoms with Crippen molar-refractivity contribution >= 4 is 39.6 Å². The summed E-state index contributed by atoms with van der Waals surface area (Å²) in [5.74, 6) is -1.71. The molecule has 2 N–H and O–H groups in total. The molecule has 0 aromatic heterocycles. The minimum Gasteiger partial charge on any atom is -0.493 e. The molecular weight excluding hydrogens is 393 g/mol. The van der Waals surface area contributed by atoms with Crippen LogP contribution in [0.2, 0.25) is 0 Å². The zero-order valence-corrected chi connectivity index (χ0v) is 14.8. The fraction of sp³-hybridized carbons (Fsp3) is 0.118. The van der Waals surface area contributed by atoms with Crippen LogP contribution in [-0.2, 0) is 9.59 Å². The van der Waals surface area contributed by atoms with Gasteiger partial charge in [0.05, 0.1) is 12.8 Å². The Bertz CT molecular complexity index is 794. The topological polar surface area (TPSA) is 79.8 Å². The Morgan fingerprint density at radius 3 is 2.60 bits per heavy atom. The summed E-state index contributed by atoms with van der Waals surface area (Å²) in [5.41, 5.74) is 3.06. The standard InChI is InChI=1S/C17H15BrFN3O3/c1-2-25-15-8-3-12(18)9-11(15)10-20-22-17(24)16(23)21-14-6-4-13(19)5-7-14/h3-10H,2H2,1H3,(H,21,23)(H,22,24)/b20-10-. The summed E-state index contributed by atoms with van der Waals surface area (Å²) < 4.78 is 19.1. The summed E-state index contributed by atoms with van der Waals surface area (Å²) in [5, 5.41) is 6.09. The molecule has 0 atom stereocenters. The number of carbonyl (C=O) groups is 2. The lowest BCUT2D eigenvalue weighted by Gasteiger charge is -2.07. The van der Waals surface area contributed by atoms with E-state index >= 15 is 0 Å². The second-order valence-corrected chi connectivity index (χ2v) is 5.69. The lowest BCUT2D eigenvalue weighted by Crippen LogP contribution is -2.32. The minimum atomic E-state index is -0.950. The first-order valence-electron chi connectivity index (χ1n) is 7.32. The molecule has 2 aromatic carbocycles. The third-order valence-electron chi connectivity index (χ3n) is 2.95. The van der Waals surface area contributed by atoms with Crippen LogP contribution in [0, 0.1) is 5.82 Å². The highest BCUT2D eigenvalue weighted by molar-refractivity contribution is 9.10. The van der Waals surface area contributed by atoms with Crippen LogP contribution < -0.4 is 15.5 Å². The van der Waals surface area contributed by atoms with Gasteiger partial charge < -0.3 is 10.1 Å². The molecule has 2 amide bonds. The van der Waals surface area contributed by atoms with E-state index in [0.717, 1.165) is 4.47 Å². The lowest BCUT2D eigenvalue weighted by molar-refractivity contribution is -0.136. The molecule has 0 radical (unpaired) electrons. The quantitative estimate of drug-likeness (QED) is 0.454. The Morgan fingerprint density at radius 2 is 1.92 bits per heavy atom. The van der Waals surface area contributed by atoms with Crippen molar-refractivity contribution in [2.45, 2.75) is 6.92 Å². The molecule has 0 unspecified atom stereocenters. The number of hydrogen-bond donors (Lipinski definition) is 2. The first kappa shape index (κ1) is 18.6. The summed E-state index contributed by atoms with van der Waals surface area (Å²) in [6, 6.07) is 10.4. The molecule has 0 fully saturated rings. The van der Waals surface area contributed by atoms with Crippen LogP contribution in [0.4, 0.5) is 10.1 Å². The Kier molecular flexibility index (Phi) is 6.64. The number of benzene rings is 2. The fourth-order valence-corrected chi connectivity index (χ4v) is 2.22. The van der Waals surface area contributed by atoms with Gasteiger partial charge in [-0.25, -0.2) is 9.82 Å². The van der Waals surface area contributed by atoms with E-state index in [1.54, 1.807) is 12.1 Å².